The van der Waals surface area contributed by atoms with Crippen LogP contribution in [0.5, 0.6) is 5.75 Å². The van der Waals surface area contributed by atoms with Crippen molar-refractivity contribution in [1.82, 2.24) is 4.90 Å². The van der Waals surface area contributed by atoms with E-state index < -0.39 is 12.2 Å². The summed E-state index contributed by atoms with van der Waals surface area (Å²) < 4.78 is 5.61. The van der Waals surface area contributed by atoms with Gasteiger partial charge in [-0.05, 0) is 54.4 Å². The van der Waals surface area contributed by atoms with Gasteiger partial charge in [-0.25, -0.2) is 0 Å². The summed E-state index contributed by atoms with van der Waals surface area (Å²) in [7, 11) is 0. The van der Waals surface area contributed by atoms with Gasteiger partial charge in [0.2, 0.25) is 0 Å². The van der Waals surface area contributed by atoms with Gasteiger partial charge in [0.1, 0.15) is 12.4 Å². The number of ether oxygens (including phenoxy) is 1. The molecule has 3 aromatic carbocycles. The third-order valence-electron chi connectivity index (χ3n) is 6.29. The maximum atomic E-state index is 10.9. The molecule has 1 aliphatic heterocycles. The van der Waals surface area contributed by atoms with Crippen LogP contribution in [0.3, 0.4) is 0 Å². The van der Waals surface area contributed by atoms with Crippen molar-refractivity contribution in [1.29, 1.82) is 5.26 Å². The zero-order valence-electron chi connectivity index (χ0n) is 20.0. The van der Waals surface area contributed by atoms with Crippen molar-refractivity contribution >= 4 is 28.9 Å². The van der Waals surface area contributed by atoms with Crippen LogP contribution >= 0.6 is 23.2 Å². The molecule has 1 fully saturated rings. The normalized spacial score (nSPS) is 17.9. The first kappa shape index (κ1) is 26.3. The molecule has 0 radical (unpaired) electrons. The highest BCUT2D eigenvalue weighted by molar-refractivity contribution is 6.33. The second kappa shape index (κ2) is 12.0. The van der Waals surface area contributed by atoms with Gasteiger partial charge >= 0.3 is 0 Å². The van der Waals surface area contributed by atoms with E-state index in [1.54, 1.807) is 37.3 Å². The lowest BCUT2D eigenvalue weighted by molar-refractivity contribution is 0.100. The molecule has 0 aromatic heterocycles. The molecule has 0 spiro atoms. The fraction of sp³-hybridized carbons (Fsp3) is 0.321. The number of piperazine rings is 1. The molecule has 2 N–H and O–H groups in total. The fourth-order valence-electron chi connectivity index (χ4n) is 4.42. The minimum Gasteiger partial charge on any atom is -0.491 e. The Labute approximate surface area is 221 Å². The number of hydrogen-bond donors (Lipinski definition) is 2. The smallest absolute Gasteiger partial charge is 0.121 e. The van der Waals surface area contributed by atoms with E-state index in [0.29, 0.717) is 41.0 Å². The monoisotopic (exact) mass is 525 g/mol. The number of halogens is 2. The Hall–Kier alpha value is -2.79. The van der Waals surface area contributed by atoms with Crippen molar-refractivity contribution < 1.29 is 14.9 Å². The van der Waals surface area contributed by atoms with Crippen LogP contribution in [-0.2, 0) is 0 Å². The molecule has 4 rings (SSSR count). The average molecular weight is 526 g/mol. The molecular formula is C28H29Cl2N3O3. The van der Waals surface area contributed by atoms with Crippen LogP contribution in [0.4, 0.5) is 5.69 Å². The standard InChI is InChI=1S/C28H29Cl2N3O3/c1-19(34)18-36-24-10-11-26(25(30)14-24)33-13-12-32(16-27(33)21-6-8-23(29)9-7-21)17-28(35)22-4-2-20(15-31)3-5-22/h2-11,14,19,27-28,34-35H,12-13,16-18H2,1H3/t19-,27-,28+/m0/s1. The zero-order chi connectivity index (χ0) is 25.7. The van der Waals surface area contributed by atoms with Crippen LogP contribution in [0.1, 0.15) is 35.8 Å². The lowest BCUT2D eigenvalue weighted by atomic mass is 10.00. The summed E-state index contributed by atoms with van der Waals surface area (Å²) in [4.78, 5) is 4.52. The highest BCUT2D eigenvalue weighted by atomic mass is 35.5. The Morgan fingerprint density at radius 2 is 1.75 bits per heavy atom. The van der Waals surface area contributed by atoms with E-state index in [9.17, 15) is 10.2 Å². The van der Waals surface area contributed by atoms with Gasteiger partial charge in [-0.1, -0.05) is 47.5 Å². The molecular weight excluding hydrogens is 497 g/mol. The highest BCUT2D eigenvalue weighted by Gasteiger charge is 2.31. The third-order valence-corrected chi connectivity index (χ3v) is 6.85. The molecule has 0 aliphatic carbocycles. The summed E-state index contributed by atoms with van der Waals surface area (Å²) >= 11 is 12.9. The van der Waals surface area contributed by atoms with Crippen LogP contribution in [0.25, 0.3) is 0 Å². The van der Waals surface area contributed by atoms with Crippen molar-refractivity contribution in [3.8, 4) is 11.8 Å². The fourth-order valence-corrected chi connectivity index (χ4v) is 4.83. The van der Waals surface area contributed by atoms with Crippen molar-refractivity contribution in [3.63, 3.8) is 0 Å². The van der Waals surface area contributed by atoms with Gasteiger partial charge in [0.25, 0.3) is 0 Å². The van der Waals surface area contributed by atoms with E-state index in [-0.39, 0.29) is 12.6 Å². The summed E-state index contributed by atoms with van der Waals surface area (Å²) in [5.74, 6) is 0.608. The predicted octanol–water partition coefficient (Wildman–Crippen LogP) is 5.22. The minimum atomic E-state index is -0.663. The van der Waals surface area contributed by atoms with E-state index in [4.69, 9.17) is 33.2 Å². The molecule has 0 amide bonds. The van der Waals surface area contributed by atoms with Crippen LogP contribution in [0, 0.1) is 11.3 Å². The Kier molecular flexibility index (Phi) is 8.73. The zero-order valence-corrected chi connectivity index (χ0v) is 21.5. The first-order valence-corrected chi connectivity index (χ1v) is 12.6. The van der Waals surface area contributed by atoms with Crippen LogP contribution in [-0.4, -0.2) is 54.0 Å². The molecule has 36 heavy (non-hydrogen) atoms. The van der Waals surface area contributed by atoms with Gasteiger partial charge in [0, 0.05) is 37.3 Å². The van der Waals surface area contributed by atoms with Crippen molar-refractivity contribution in [2.75, 3.05) is 37.7 Å². The summed E-state index contributed by atoms with van der Waals surface area (Å²) in [6.07, 6.45) is -1.23. The van der Waals surface area contributed by atoms with E-state index >= 15 is 0 Å². The Balaban J connectivity index is 1.54. The summed E-state index contributed by atoms with van der Waals surface area (Å²) in [6.45, 7) is 4.48. The maximum absolute atomic E-state index is 10.9. The van der Waals surface area contributed by atoms with E-state index in [0.717, 1.165) is 23.4 Å². The molecule has 1 heterocycles. The lowest BCUT2D eigenvalue weighted by Gasteiger charge is -2.44. The molecule has 0 bridgehead atoms. The van der Waals surface area contributed by atoms with Crippen molar-refractivity contribution in [2.45, 2.75) is 25.2 Å². The quantitative estimate of drug-likeness (QED) is 0.419. The number of anilines is 1. The number of nitrogens with zero attached hydrogens (tertiary/aromatic N) is 3. The second-order valence-electron chi connectivity index (χ2n) is 9.04. The first-order chi connectivity index (χ1) is 17.3. The van der Waals surface area contributed by atoms with Gasteiger partial charge in [0.15, 0.2) is 0 Å². The molecule has 1 aliphatic rings. The molecule has 0 unspecified atom stereocenters. The van der Waals surface area contributed by atoms with Gasteiger partial charge in [-0.2, -0.15) is 5.26 Å². The predicted molar refractivity (Wildman–Crippen MR) is 143 cm³/mol. The topological polar surface area (TPSA) is 80.0 Å². The number of benzene rings is 3. The van der Waals surface area contributed by atoms with Gasteiger partial charge in [-0.15, -0.1) is 0 Å². The SMILES string of the molecule is C[C@H](O)COc1ccc(N2CCN(C[C@@H](O)c3ccc(C#N)cc3)C[C@H]2c2ccc(Cl)cc2)c(Cl)c1. The summed E-state index contributed by atoms with van der Waals surface area (Å²) in [5, 5.41) is 30.6. The van der Waals surface area contributed by atoms with Gasteiger partial charge in [-0.3, -0.25) is 4.90 Å². The molecule has 6 nitrogen and oxygen atoms in total. The average Bonchev–Trinajstić information content (AvgIpc) is 2.88. The van der Waals surface area contributed by atoms with Crippen LogP contribution < -0.4 is 9.64 Å². The van der Waals surface area contributed by atoms with Crippen LogP contribution in [0.15, 0.2) is 66.7 Å². The number of β-amino-alcohol motifs (C(OH)–C–C–N with tert-alkyl or cyclic N) is 1. The third kappa shape index (κ3) is 6.50. The number of rotatable bonds is 8. The molecule has 3 atom stereocenters. The van der Waals surface area contributed by atoms with E-state index in [1.807, 2.05) is 36.4 Å². The summed E-state index contributed by atoms with van der Waals surface area (Å²) in [6, 6.07) is 22.6. The van der Waals surface area contributed by atoms with E-state index in [1.165, 1.54) is 0 Å². The molecule has 0 saturated carbocycles. The van der Waals surface area contributed by atoms with Crippen molar-refractivity contribution in [3.05, 3.63) is 93.5 Å². The number of nitriles is 1. The summed E-state index contributed by atoms with van der Waals surface area (Å²) in [5.41, 5.74) is 3.35. The highest BCUT2D eigenvalue weighted by Crippen LogP contribution is 2.37. The van der Waals surface area contributed by atoms with Gasteiger partial charge < -0.3 is 19.8 Å². The molecule has 188 valence electrons. The van der Waals surface area contributed by atoms with Crippen LogP contribution in [0.2, 0.25) is 10.0 Å². The lowest BCUT2D eigenvalue weighted by Crippen LogP contribution is -2.49. The minimum absolute atomic E-state index is 0.00841. The molecule has 3 aromatic rings. The second-order valence-corrected chi connectivity index (χ2v) is 9.89. The Morgan fingerprint density at radius 1 is 1.03 bits per heavy atom. The Bertz CT molecular complexity index is 1200. The van der Waals surface area contributed by atoms with E-state index in [2.05, 4.69) is 15.9 Å². The van der Waals surface area contributed by atoms with Gasteiger partial charge in [0.05, 0.1) is 40.6 Å². The number of aliphatic hydroxyl groups is 2. The molecule has 8 heteroatoms. The maximum Gasteiger partial charge on any atom is 0.121 e. The van der Waals surface area contributed by atoms with Crippen molar-refractivity contribution in [2.24, 2.45) is 0 Å². The number of aliphatic hydroxyl groups excluding tert-OH is 2. The Morgan fingerprint density at radius 3 is 2.39 bits per heavy atom. The first-order valence-electron chi connectivity index (χ1n) is 11.9. The number of hydrogen-bond acceptors (Lipinski definition) is 6. The largest absolute Gasteiger partial charge is 0.491 e. The molecule has 1 saturated heterocycles.